The van der Waals surface area contributed by atoms with Crippen LogP contribution in [-0.4, -0.2) is 11.1 Å². The Labute approximate surface area is 120 Å². The summed E-state index contributed by atoms with van der Waals surface area (Å²) in [6.07, 6.45) is 6.88. The predicted octanol–water partition coefficient (Wildman–Crippen LogP) is 4.53. The van der Waals surface area contributed by atoms with Gasteiger partial charge in [-0.3, -0.25) is 4.79 Å². The van der Waals surface area contributed by atoms with Gasteiger partial charge in [0.15, 0.2) is 0 Å². The first kappa shape index (κ1) is 15.0. The van der Waals surface area contributed by atoms with Crippen LogP contribution in [0, 0.1) is 11.7 Å². The number of carboxylic acid groups (broad SMARTS) is 1. The minimum absolute atomic E-state index is 0.314. The molecule has 0 spiro atoms. The minimum Gasteiger partial charge on any atom is -0.481 e. The molecule has 110 valence electrons. The van der Waals surface area contributed by atoms with Crippen molar-refractivity contribution in [2.75, 3.05) is 0 Å². The maximum atomic E-state index is 13.0. The van der Waals surface area contributed by atoms with E-state index in [1.165, 1.54) is 31.4 Å². The summed E-state index contributed by atoms with van der Waals surface area (Å²) in [7, 11) is 0. The van der Waals surface area contributed by atoms with Crippen LogP contribution in [0.15, 0.2) is 24.3 Å². The quantitative estimate of drug-likeness (QED) is 0.859. The van der Waals surface area contributed by atoms with E-state index in [1.807, 2.05) is 0 Å². The first-order valence-corrected chi connectivity index (χ1v) is 7.58. The van der Waals surface area contributed by atoms with Crippen LogP contribution >= 0.6 is 0 Å². The Morgan fingerprint density at radius 2 is 1.90 bits per heavy atom. The average Bonchev–Trinajstić information content (AvgIpc) is 2.46. The maximum Gasteiger partial charge on any atom is 0.314 e. The summed E-state index contributed by atoms with van der Waals surface area (Å²) in [4.78, 5) is 11.8. The molecule has 3 heteroatoms. The molecule has 1 fully saturated rings. The summed E-state index contributed by atoms with van der Waals surface area (Å²) in [5.41, 5.74) is -0.0588. The third-order valence-electron chi connectivity index (χ3n) is 4.73. The lowest BCUT2D eigenvalue weighted by Crippen LogP contribution is -2.39. The smallest absolute Gasteiger partial charge is 0.314 e. The molecule has 0 heterocycles. The number of carboxylic acids is 1. The SMILES string of the molecule is CCCCC1CCC(C(=O)O)(c2ccc(F)cc2)CC1. The van der Waals surface area contributed by atoms with Gasteiger partial charge in [0.1, 0.15) is 5.82 Å². The van der Waals surface area contributed by atoms with Crippen LogP contribution in [0.2, 0.25) is 0 Å². The van der Waals surface area contributed by atoms with Crippen LogP contribution in [0.5, 0.6) is 0 Å². The molecular weight excluding hydrogens is 255 g/mol. The summed E-state index contributed by atoms with van der Waals surface area (Å²) in [5.74, 6) is -0.424. The Balaban J connectivity index is 2.13. The maximum absolute atomic E-state index is 13.0. The third-order valence-corrected chi connectivity index (χ3v) is 4.73. The van der Waals surface area contributed by atoms with Crippen molar-refractivity contribution in [3.05, 3.63) is 35.6 Å². The molecule has 1 aliphatic carbocycles. The number of aliphatic carboxylic acids is 1. The summed E-state index contributed by atoms with van der Waals surface area (Å²) in [6, 6.07) is 6.00. The molecule has 2 nitrogen and oxygen atoms in total. The van der Waals surface area contributed by atoms with Gasteiger partial charge in [0.05, 0.1) is 5.41 Å². The molecule has 0 aromatic heterocycles. The monoisotopic (exact) mass is 278 g/mol. The van der Waals surface area contributed by atoms with Gasteiger partial charge >= 0.3 is 5.97 Å². The molecular formula is C17H23FO2. The predicted molar refractivity (Wildman–Crippen MR) is 77.2 cm³/mol. The zero-order chi connectivity index (χ0) is 14.6. The fourth-order valence-corrected chi connectivity index (χ4v) is 3.35. The van der Waals surface area contributed by atoms with Gasteiger partial charge in [0.2, 0.25) is 0 Å². The van der Waals surface area contributed by atoms with Gasteiger partial charge in [-0.05, 0) is 49.3 Å². The Hall–Kier alpha value is -1.38. The van der Waals surface area contributed by atoms with E-state index < -0.39 is 11.4 Å². The number of unbranched alkanes of at least 4 members (excludes halogenated alkanes) is 1. The zero-order valence-electron chi connectivity index (χ0n) is 12.1. The van der Waals surface area contributed by atoms with Crippen LogP contribution < -0.4 is 0 Å². The van der Waals surface area contributed by atoms with Gasteiger partial charge in [0.25, 0.3) is 0 Å². The molecule has 20 heavy (non-hydrogen) atoms. The van der Waals surface area contributed by atoms with Crippen molar-refractivity contribution >= 4 is 5.97 Å². The Kier molecular flexibility index (Phi) is 4.79. The lowest BCUT2D eigenvalue weighted by Gasteiger charge is -2.37. The van der Waals surface area contributed by atoms with E-state index in [-0.39, 0.29) is 5.82 Å². The van der Waals surface area contributed by atoms with Crippen molar-refractivity contribution in [2.45, 2.75) is 57.3 Å². The van der Waals surface area contributed by atoms with E-state index >= 15 is 0 Å². The lowest BCUT2D eigenvalue weighted by atomic mass is 9.66. The summed E-state index contributed by atoms with van der Waals surface area (Å²) in [5, 5.41) is 9.68. The normalized spacial score (nSPS) is 26.4. The Morgan fingerprint density at radius 1 is 1.30 bits per heavy atom. The highest BCUT2D eigenvalue weighted by molar-refractivity contribution is 5.81. The fraction of sp³-hybridized carbons (Fsp3) is 0.588. The molecule has 1 N–H and O–H groups in total. The second-order valence-electron chi connectivity index (χ2n) is 5.98. The van der Waals surface area contributed by atoms with Crippen LogP contribution in [0.25, 0.3) is 0 Å². The topological polar surface area (TPSA) is 37.3 Å². The number of hydrogen-bond donors (Lipinski definition) is 1. The van der Waals surface area contributed by atoms with Crippen molar-refractivity contribution in [1.82, 2.24) is 0 Å². The molecule has 0 aliphatic heterocycles. The molecule has 1 aromatic rings. The van der Waals surface area contributed by atoms with Gasteiger partial charge in [-0.15, -0.1) is 0 Å². The van der Waals surface area contributed by atoms with Crippen molar-refractivity contribution in [3.8, 4) is 0 Å². The van der Waals surface area contributed by atoms with Crippen LogP contribution in [0.3, 0.4) is 0 Å². The van der Waals surface area contributed by atoms with Crippen LogP contribution in [0.1, 0.15) is 57.4 Å². The summed E-state index contributed by atoms with van der Waals surface area (Å²) in [6.45, 7) is 2.18. The van der Waals surface area contributed by atoms with Gasteiger partial charge in [-0.2, -0.15) is 0 Å². The highest BCUT2D eigenvalue weighted by Gasteiger charge is 2.43. The second kappa shape index (κ2) is 6.38. The van der Waals surface area contributed by atoms with Crippen molar-refractivity contribution < 1.29 is 14.3 Å². The van der Waals surface area contributed by atoms with Gasteiger partial charge in [-0.25, -0.2) is 4.39 Å². The minimum atomic E-state index is -0.809. The molecule has 0 saturated heterocycles. The summed E-state index contributed by atoms with van der Waals surface area (Å²) >= 11 is 0. The first-order valence-electron chi connectivity index (χ1n) is 7.58. The standard InChI is InChI=1S/C17H23FO2/c1-2-3-4-13-9-11-17(12-10-13,16(19)20)14-5-7-15(18)8-6-14/h5-8,13H,2-4,9-12H2,1H3,(H,19,20). The van der Waals surface area contributed by atoms with Crippen LogP contribution in [0.4, 0.5) is 4.39 Å². The van der Waals surface area contributed by atoms with Crippen molar-refractivity contribution in [3.63, 3.8) is 0 Å². The van der Waals surface area contributed by atoms with E-state index in [2.05, 4.69) is 6.92 Å². The average molecular weight is 278 g/mol. The molecule has 1 aliphatic rings. The highest BCUT2D eigenvalue weighted by Crippen LogP contribution is 2.43. The molecule has 0 unspecified atom stereocenters. The molecule has 1 aromatic carbocycles. The molecule has 2 rings (SSSR count). The number of halogens is 1. The number of benzene rings is 1. The number of rotatable bonds is 5. The zero-order valence-corrected chi connectivity index (χ0v) is 12.1. The summed E-state index contributed by atoms with van der Waals surface area (Å²) < 4.78 is 13.0. The lowest BCUT2D eigenvalue weighted by molar-refractivity contribution is -0.145. The fourth-order valence-electron chi connectivity index (χ4n) is 3.35. The Morgan fingerprint density at radius 3 is 2.40 bits per heavy atom. The molecule has 1 saturated carbocycles. The largest absolute Gasteiger partial charge is 0.481 e. The number of carbonyl (C=O) groups is 1. The third kappa shape index (κ3) is 3.02. The van der Waals surface area contributed by atoms with E-state index in [0.717, 1.165) is 18.4 Å². The van der Waals surface area contributed by atoms with Gasteiger partial charge < -0.3 is 5.11 Å². The first-order chi connectivity index (χ1) is 9.58. The molecule has 0 atom stereocenters. The highest BCUT2D eigenvalue weighted by atomic mass is 19.1. The van der Waals surface area contributed by atoms with Crippen molar-refractivity contribution in [1.29, 1.82) is 0 Å². The van der Waals surface area contributed by atoms with Gasteiger partial charge in [0, 0.05) is 0 Å². The second-order valence-corrected chi connectivity index (χ2v) is 5.98. The van der Waals surface area contributed by atoms with E-state index in [9.17, 15) is 14.3 Å². The molecule has 0 radical (unpaired) electrons. The number of hydrogen-bond acceptors (Lipinski definition) is 1. The van der Waals surface area contributed by atoms with E-state index in [4.69, 9.17) is 0 Å². The Bertz CT molecular complexity index is 445. The van der Waals surface area contributed by atoms with E-state index in [1.54, 1.807) is 12.1 Å². The van der Waals surface area contributed by atoms with Gasteiger partial charge in [-0.1, -0.05) is 38.3 Å². The van der Waals surface area contributed by atoms with Crippen LogP contribution in [-0.2, 0) is 10.2 Å². The van der Waals surface area contributed by atoms with E-state index in [0.29, 0.717) is 18.8 Å². The molecule has 0 amide bonds. The van der Waals surface area contributed by atoms with Crippen molar-refractivity contribution in [2.24, 2.45) is 5.92 Å². The molecule has 0 bridgehead atoms.